The number of hydrogen-bond donors (Lipinski definition) is 1. The summed E-state index contributed by atoms with van der Waals surface area (Å²) in [6.45, 7) is 0. The van der Waals surface area contributed by atoms with Crippen molar-refractivity contribution in [3.05, 3.63) is 132 Å². The normalized spacial score (nSPS) is 10.5. The van der Waals surface area contributed by atoms with Crippen LogP contribution in [-0.4, -0.2) is 11.0 Å². The Morgan fingerprint density at radius 3 is 1.91 bits per heavy atom. The number of nitrogens with zero attached hydrogens (tertiary/aromatic N) is 2. The van der Waals surface area contributed by atoms with Gasteiger partial charge in [-0.2, -0.15) is 9.47 Å². The molecule has 0 spiro atoms. The summed E-state index contributed by atoms with van der Waals surface area (Å²) in [6.07, 6.45) is 0. The molecule has 0 saturated carbocycles. The van der Waals surface area contributed by atoms with E-state index in [0.717, 1.165) is 27.8 Å². The van der Waals surface area contributed by atoms with Crippen LogP contribution in [0, 0.1) is 0 Å². The molecule has 1 amide bonds. The van der Waals surface area contributed by atoms with Gasteiger partial charge in [-0.15, -0.1) is 0 Å². The van der Waals surface area contributed by atoms with Crippen molar-refractivity contribution < 1.29 is 9.36 Å². The van der Waals surface area contributed by atoms with E-state index in [9.17, 15) is 4.79 Å². The van der Waals surface area contributed by atoms with Crippen LogP contribution in [0.25, 0.3) is 16.9 Å². The van der Waals surface area contributed by atoms with Crippen molar-refractivity contribution in [3.63, 3.8) is 0 Å². The van der Waals surface area contributed by atoms with Crippen molar-refractivity contribution in [1.82, 2.24) is 5.32 Å². The molecule has 5 aromatic rings. The first-order valence-corrected chi connectivity index (χ1v) is 12.4. The van der Waals surface area contributed by atoms with Crippen molar-refractivity contribution in [2.45, 2.75) is 0 Å². The average molecular weight is 493 g/mol. The van der Waals surface area contributed by atoms with Crippen LogP contribution >= 0.6 is 23.6 Å². The van der Waals surface area contributed by atoms with Crippen molar-refractivity contribution in [3.8, 4) is 16.9 Å². The average Bonchev–Trinajstić information content (AvgIpc) is 3.35. The van der Waals surface area contributed by atoms with Crippen LogP contribution in [0.3, 0.4) is 0 Å². The summed E-state index contributed by atoms with van der Waals surface area (Å²) in [7, 11) is 0. The van der Waals surface area contributed by atoms with Crippen molar-refractivity contribution in [2.24, 2.45) is 0 Å². The van der Waals surface area contributed by atoms with E-state index in [0.29, 0.717) is 10.7 Å². The van der Waals surface area contributed by atoms with Crippen LogP contribution in [0.5, 0.6) is 0 Å². The van der Waals surface area contributed by atoms with Gasteiger partial charge >= 0.3 is 5.13 Å². The molecule has 0 saturated heterocycles. The molecule has 5 rings (SSSR count). The number of carbonyl (C=O) groups excluding carboxylic acids is 1. The van der Waals surface area contributed by atoms with Gasteiger partial charge in [0.2, 0.25) is 0 Å². The second kappa shape index (κ2) is 10.4. The van der Waals surface area contributed by atoms with Gasteiger partial charge in [0.05, 0.1) is 0 Å². The number of anilines is 2. The van der Waals surface area contributed by atoms with Crippen LogP contribution in [0.2, 0.25) is 0 Å². The lowest BCUT2D eigenvalue weighted by Gasteiger charge is -2.18. The number of rotatable bonds is 5. The van der Waals surface area contributed by atoms with E-state index >= 15 is 0 Å². The zero-order valence-electron chi connectivity index (χ0n) is 18.7. The van der Waals surface area contributed by atoms with Gasteiger partial charge in [-0.25, -0.2) is 0 Å². The first-order chi connectivity index (χ1) is 17.2. The molecule has 0 atom stereocenters. The largest absolute Gasteiger partial charge is 0.354 e. The van der Waals surface area contributed by atoms with Gasteiger partial charge in [-0.3, -0.25) is 10.1 Å². The number of hydrogen-bond acceptors (Lipinski definition) is 3. The van der Waals surface area contributed by atoms with E-state index in [1.165, 1.54) is 0 Å². The van der Waals surface area contributed by atoms with E-state index in [1.54, 1.807) is 23.5 Å². The molecule has 0 aliphatic rings. The number of thiocarbonyl (C=S) groups is 1. The molecule has 0 aliphatic heterocycles. The van der Waals surface area contributed by atoms with E-state index in [2.05, 4.69) is 39.5 Å². The van der Waals surface area contributed by atoms with Gasteiger partial charge in [-0.1, -0.05) is 96.3 Å². The fourth-order valence-corrected chi connectivity index (χ4v) is 5.22. The van der Waals surface area contributed by atoms with E-state index < -0.39 is 0 Å². The van der Waals surface area contributed by atoms with E-state index in [1.807, 2.05) is 89.8 Å². The summed E-state index contributed by atoms with van der Waals surface area (Å²) in [6, 6.07) is 39.4. The van der Waals surface area contributed by atoms with Crippen molar-refractivity contribution in [1.29, 1.82) is 0 Å². The second-order valence-electron chi connectivity index (χ2n) is 7.74. The number of amides is 1. The lowest BCUT2D eigenvalue weighted by molar-refractivity contribution is -0.564. The maximum absolute atomic E-state index is 13.0. The Bertz CT molecular complexity index is 1440. The highest BCUT2D eigenvalue weighted by atomic mass is 32.1. The molecule has 4 nitrogen and oxygen atoms in total. The topological polar surface area (TPSA) is 36.2 Å². The number of benzene rings is 4. The highest BCUT2D eigenvalue weighted by Crippen LogP contribution is 2.32. The van der Waals surface area contributed by atoms with Crippen LogP contribution in [0.1, 0.15) is 10.4 Å². The Morgan fingerprint density at radius 2 is 1.29 bits per heavy atom. The Hall–Kier alpha value is -4.13. The summed E-state index contributed by atoms with van der Waals surface area (Å²) >= 11 is 7.41. The second-order valence-corrected chi connectivity index (χ2v) is 8.96. The summed E-state index contributed by atoms with van der Waals surface area (Å²) in [5, 5.41) is 6.22. The van der Waals surface area contributed by atoms with Gasteiger partial charge in [0.25, 0.3) is 11.0 Å². The Balaban J connectivity index is 1.64. The Labute approximate surface area is 213 Å². The zero-order valence-corrected chi connectivity index (χ0v) is 20.4. The van der Waals surface area contributed by atoms with E-state index in [4.69, 9.17) is 12.2 Å². The molecular weight excluding hydrogens is 470 g/mol. The van der Waals surface area contributed by atoms with Gasteiger partial charge in [0.15, 0.2) is 5.69 Å². The molecule has 1 aromatic heterocycles. The highest BCUT2D eigenvalue weighted by molar-refractivity contribution is 7.80. The molecule has 1 heterocycles. The van der Waals surface area contributed by atoms with Crippen LogP contribution in [0.4, 0.5) is 10.8 Å². The van der Waals surface area contributed by atoms with Crippen LogP contribution < -0.4 is 14.8 Å². The zero-order chi connectivity index (χ0) is 24.0. The summed E-state index contributed by atoms with van der Waals surface area (Å²) in [5.74, 6) is -0.248. The fourth-order valence-electron chi connectivity index (χ4n) is 3.81. The molecule has 1 N–H and O–H groups in total. The minimum atomic E-state index is -0.248. The third-order valence-corrected chi connectivity index (χ3v) is 6.66. The Kier molecular flexibility index (Phi) is 6.75. The lowest BCUT2D eigenvalue weighted by atomic mass is 10.1. The number of para-hydroxylation sites is 2. The predicted molar refractivity (Wildman–Crippen MR) is 146 cm³/mol. The number of nitrogens with one attached hydrogen (secondary N) is 1. The molecule has 35 heavy (non-hydrogen) atoms. The standard InChI is InChI=1S/C29H21N3OS2/c33-27(23-15-7-2-8-16-23)30-28(34)32(25-19-11-4-12-20-25)29-31(24-17-9-3-10-18-24)26(21-35-29)22-13-5-1-6-14-22/h1-21H/p+1. The molecule has 170 valence electrons. The molecule has 0 fully saturated rings. The maximum atomic E-state index is 13.0. The Morgan fingerprint density at radius 1 is 0.743 bits per heavy atom. The third-order valence-electron chi connectivity index (χ3n) is 5.46. The van der Waals surface area contributed by atoms with Gasteiger partial charge in [0.1, 0.15) is 11.4 Å². The lowest BCUT2D eigenvalue weighted by Crippen LogP contribution is -2.45. The molecule has 0 radical (unpaired) electrons. The highest BCUT2D eigenvalue weighted by Gasteiger charge is 2.33. The summed E-state index contributed by atoms with van der Waals surface area (Å²) < 4.78 is 2.17. The quantitative estimate of drug-likeness (QED) is 0.223. The smallest absolute Gasteiger partial charge is 0.279 e. The van der Waals surface area contributed by atoms with Gasteiger partial charge in [-0.05, 0) is 48.6 Å². The third kappa shape index (κ3) is 4.89. The monoisotopic (exact) mass is 492 g/mol. The van der Waals surface area contributed by atoms with E-state index in [-0.39, 0.29) is 5.91 Å². The first-order valence-electron chi connectivity index (χ1n) is 11.1. The van der Waals surface area contributed by atoms with Gasteiger partial charge in [0, 0.05) is 16.5 Å². The number of thiazole rings is 1. The van der Waals surface area contributed by atoms with Crippen LogP contribution in [0.15, 0.2) is 127 Å². The summed E-state index contributed by atoms with van der Waals surface area (Å²) in [4.78, 5) is 14.9. The molecule has 6 heteroatoms. The van der Waals surface area contributed by atoms with Gasteiger partial charge < -0.3 is 0 Å². The number of carbonyl (C=O) groups is 1. The van der Waals surface area contributed by atoms with Crippen molar-refractivity contribution in [2.75, 3.05) is 4.90 Å². The SMILES string of the molecule is O=C(NC(=S)N(c1ccccc1)c1scc(-c2ccccc2)[n+]1-c1ccccc1)c1ccccc1. The predicted octanol–water partition coefficient (Wildman–Crippen LogP) is 6.54. The van der Waals surface area contributed by atoms with Crippen LogP contribution in [-0.2, 0) is 0 Å². The molecule has 0 aliphatic carbocycles. The number of aromatic nitrogens is 1. The fraction of sp³-hybridized carbons (Fsp3) is 0. The summed E-state index contributed by atoms with van der Waals surface area (Å²) in [5.41, 5.74) is 4.54. The molecule has 0 bridgehead atoms. The minimum Gasteiger partial charge on any atom is -0.279 e. The molecule has 0 unspecified atom stereocenters. The minimum absolute atomic E-state index is 0.248. The molecule has 4 aromatic carbocycles. The van der Waals surface area contributed by atoms with Crippen molar-refractivity contribution >= 4 is 45.4 Å². The molecular formula is C29H22N3OS2+. The first kappa shape index (κ1) is 22.7. The maximum Gasteiger partial charge on any atom is 0.354 e.